The van der Waals surface area contributed by atoms with E-state index in [1.54, 1.807) is 0 Å². The molecule has 1 aromatic rings. The average Bonchev–Trinajstić information content (AvgIpc) is 2.34. The van der Waals surface area contributed by atoms with Crippen molar-refractivity contribution >= 4 is 0 Å². The van der Waals surface area contributed by atoms with Crippen LogP contribution in [0.2, 0.25) is 0 Å². The molecule has 0 aliphatic rings. The van der Waals surface area contributed by atoms with E-state index in [4.69, 9.17) is 5.73 Å². The van der Waals surface area contributed by atoms with E-state index in [1.165, 1.54) is 12.1 Å². The number of benzene rings is 1. The van der Waals surface area contributed by atoms with Crippen molar-refractivity contribution < 1.29 is 13.2 Å². The second-order valence-corrected chi connectivity index (χ2v) is 4.80. The van der Waals surface area contributed by atoms with Gasteiger partial charge >= 0.3 is 6.18 Å². The van der Waals surface area contributed by atoms with Crippen LogP contribution in [0.3, 0.4) is 0 Å². The van der Waals surface area contributed by atoms with Crippen LogP contribution in [-0.2, 0) is 6.18 Å². The third kappa shape index (κ3) is 3.94. The Morgan fingerprint density at radius 2 is 1.68 bits per heavy atom. The second kappa shape index (κ2) is 6.39. The molecule has 2 N–H and O–H groups in total. The Bertz CT molecular complexity index is 385. The molecule has 0 spiro atoms. The monoisotopic (exact) mass is 274 g/mol. The topological polar surface area (TPSA) is 29.3 Å². The van der Waals surface area contributed by atoms with E-state index in [9.17, 15) is 13.2 Å². The molecule has 2 nitrogen and oxygen atoms in total. The van der Waals surface area contributed by atoms with Crippen molar-refractivity contribution in [1.29, 1.82) is 0 Å². The van der Waals surface area contributed by atoms with Gasteiger partial charge in [-0.15, -0.1) is 0 Å². The minimum atomic E-state index is -4.29. The van der Waals surface area contributed by atoms with Gasteiger partial charge in [0.05, 0.1) is 5.56 Å². The van der Waals surface area contributed by atoms with E-state index < -0.39 is 11.7 Å². The third-order valence-electron chi connectivity index (χ3n) is 3.27. The fourth-order valence-electron chi connectivity index (χ4n) is 2.30. The van der Waals surface area contributed by atoms with Gasteiger partial charge in [-0.05, 0) is 38.1 Å². The number of likely N-dealkylation sites (N-methyl/N-ethyl adjacent to an activating group) is 1. The fourth-order valence-corrected chi connectivity index (χ4v) is 2.30. The Hall–Kier alpha value is -1.07. The lowest BCUT2D eigenvalue weighted by Gasteiger charge is -2.33. The molecule has 5 heteroatoms. The van der Waals surface area contributed by atoms with Crippen LogP contribution in [0.25, 0.3) is 0 Å². The maximum absolute atomic E-state index is 12.5. The highest BCUT2D eigenvalue weighted by molar-refractivity contribution is 5.27. The molecule has 0 amide bonds. The summed E-state index contributed by atoms with van der Waals surface area (Å²) in [7, 11) is 0. The molecule has 19 heavy (non-hydrogen) atoms. The summed E-state index contributed by atoms with van der Waals surface area (Å²) in [6, 6.07) is 5.52. The first-order valence-corrected chi connectivity index (χ1v) is 6.44. The van der Waals surface area contributed by atoms with Crippen LogP contribution in [-0.4, -0.2) is 24.0 Å². The molecule has 0 bridgehead atoms. The van der Waals surface area contributed by atoms with Gasteiger partial charge in [0.2, 0.25) is 0 Å². The van der Waals surface area contributed by atoms with E-state index in [-0.39, 0.29) is 6.04 Å². The largest absolute Gasteiger partial charge is 0.416 e. The first-order valence-electron chi connectivity index (χ1n) is 6.44. The van der Waals surface area contributed by atoms with Crippen molar-refractivity contribution in [2.75, 3.05) is 13.1 Å². The van der Waals surface area contributed by atoms with Crippen molar-refractivity contribution in [2.24, 2.45) is 5.73 Å². The number of nitrogens with zero attached hydrogens (tertiary/aromatic N) is 1. The summed E-state index contributed by atoms with van der Waals surface area (Å²) in [5.74, 6) is 0. The van der Waals surface area contributed by atoms with E-state index >= 15 is 0 Å². The van der Waals surface area contributed by atoms with Crippen LogP contribution < -0.4 is 5.73 Å². The summed E-state index contributed by atoms with van der Waals surface area (Å²) in [4.78, 5) is 2.17. The van der Waals surface area contributed by atoms with Crippen LogP contribution in [0.15, 0.2) is 24.3 Å². The summed E-state index contributed by atoms with van der Waals surface area (Å²) in [5.41, 5.74) is 5.98. The molecule has 0 aromatic heterocycles. The lowest BCUT2D eigenvalue weighted by Crippen LogP contribution is -2.38. The summed E-state index contributed by atoms with van der Waals surface area (Å²) >= 11 is 0. The van der Waals surface area contributed by atoms with E-state index in [1.807, 2.05) is 6.92 Å². The van der Waals surface area contributed by atoms with Gasteiger partial charge in [-0.3, -0.25) is 4.90 Å². The molecule has 0 aliphatic carbocycles. The highest BCUT2D eigenvalue weighted by Gasteiger charge is 2.30. The van der Waals surface area contributed by atoms with Crippen LogP contribution in [0.1, 0.15) is 37.9 Å². The van der Waals surface area contributed by atoms with Crippen LogP contribution in [0.5, 0.6) is 0 Å². The van der Waals surface area contributed by atoms with Gasteiger partial charge < -0.3 is 5.73 Å². The first-order chi connectivity index (χ1) is 8.81. The standard InChI is InChI=1S/C14H21F3N2/c1-4-19(10(2)3)13(9-18)11-5-7-12(8-6-11)14(15,16)17/h5-8,10,13H,4,9,18H2,1-3H3. The summed E-state index contributed by atoms with van der Waals surface area (Å²) < 4.78 is 37.6. The number of halogens is 3. The lowest BCUT2D eigenvalue weighted by atomic mass is 10.0. The molecule has 0 aliphatic heterocycles. The summed E-state index contributed by atoms with van der Waals surface area (Å²) in [5, 5.41) is 0. The molecule has 1 aromatic carbocycles. The molecular formula is C14H21F3N2. The normalized spacial score (nSPS) is 14.2. The lowest BCUT2D eigenvalue weighted by molar-refractivity contribution is -0.137. The van der Waals surface area contributed by atoms with Crippen molar-refractivity contribution in [1.82, 2.24) is 4.90 Å². The molecule has 1 unspecified atom stereocenters. The van der Waals surface area contributed by atoms with Crippen LogP contribution >= 0.6 is 0 Å². The van der Waals surface area contributed by atoms with Gasteiger partial charge in [0.15, 0.2) is 0 Å². The molecule has 0 saturated heterocycles. The fraction of sp³-hybridized carbons (Fsp3) is 0.571. The number of rotatable bonds is 5. The van der Waals surface area contributed by atoms with Crippen molar-refractivity contribution in [3.05, 3.63) is 35.4 Å². The Balaban J connectivity index is 3.00. The van der Waals surface area contributed by atoms with E-state index in [0.717, 1.165) is 24.2 Å². The van der Waals surface area contributed by atoms with E-state index in [0.29, 0.717) is 12.6 Å². The number of nitrogens with two attached hydrogens (primary N) is 1. The first kappa shape index (κ1) is 16.0. The minimum Gasteiger partial charge on any atom is -0.329 e. The maximum atomic E-state index is 12.5. The van der Waals surface area contributed by atoms with Gasteiger partial charge in [0.1, 0.15) is 0 Å². The number of hydrogen-bond donors (Lipinski definition) is 1. The van der Waals surface area contributed by atoms with Crippen LogP contribution in [0, 0.1) is 0 Å². The third-order valence-corrected chi connectivity index (χ3v) is 3.27. The zero-order valence-electron chi connectivity index (χ0n) is 11.5. The molecule has 1 atom stereocenters. The Labute approximate surface area is 112 Å². The van der Waals surface area contributed by atoms with Gasteiger partial charge in [0, 0.05) is 18.6 Å². The predicted octanol–water partition coefficient (Wildman–Crippen LogP) is 3.44. The SMILES string of the molecule is CCN(C(C)C)C(CN)c1ccc(C(F)(F)F)cc1. The molecule has 0 saturated carbocycles. The Morgan fingerprint density at radius 1 is 1.16 bits per heavy atom. The van der Waals surface area contributed by atoms with Crippen molar-refractivity contribution in [3.63, 3.8) is 0 Å². The molecule has 0 fully saturated rings. The quantitative estimate of drug-likeness (QED) is 0.891. The molecule has 1 rings (SSSR count). The molecule has 108 valence electrons. The van der Waals surface area contributed by atoms with Gasteiger partial charge in [-0.2, -0.15) is 13.2 Å². The zero-order valence-corrected chi connectivity index (χ0v) is 11.5. The van der Waals surface area contributed by atoms with Gasteiger partial charge in [0.25, 0.3) is 0 Å². The van der Waals surface area contributed by atoms with Crippen molar-refractivity contribution in [3.8, 4) is 0 Å². The van der Waals surface area contributed by atoms with Gasteiger partial charge in [-0.1, -0.05) is 19.1 Å². The smallest absolute Gasteiger partial charge is 0.329 e. The van der Waals surface area contributed by atoms with E-state index in [2.05, 4.69) is 18.7 Å². The summed E-state index contributed by atoms with van der Waals surface area (Å²) in [6.07, 6.45) is -4.29. The minimum absolute atomic E-state index is 0.0488. The number of alkyl halides is 3. The maximum Gasteiger partial charge on any atom is 0.416 e. The second-order valence-electron chi connectivity index (χ2n) is 4.80. The van der Waals surface area contributed by atoms with Gasteiger partial charge in [-0.25, -0.2) is 0 Å². The highest BCUT2D eigenvalue weighted by atomic mass is 19.4. The zero-order chi connectivity index (χ0) is 14.6. The highest BCUT2D eigenvalue weighted by Crippen LogP contribution is 2.31. The average molecular weight is 274 g/mol. The predicted molar refractivity (Wildman–Crippen MR) is 70.8 cm³/mol. The molecule has 0 heterocycles. The summed E-state index contributed by atoms with van der Waals surface area (Å²) in [6.45, 7) is 7.32. The van der Waals surface area contributed by atoms with Crippen LogP contribution in [0.4, 0.5) is 13.2 Å². The number of hydrogen-bond acceptors (Lipinski definition) is 2. The molecular weight excluding hydrogens is 253 g/mol. The van der Waals surface area contributed by atoms with Crippen molar-refractivity contribution in [2.45, 2.75) is 39.0 Å². The Kier molecular flexibility index (Phi) is 5.38. The molecule has 0 radical (unpaired) electrons. The Morgan fingerprint density at radius 3 is 2.00 bits per heavy atom.